The van der Waals surface area contributed by atoms with E-state index < -0.39 is 0 Å². The van der Waals surface area contributed by atoms with E-state index in [1.165, 1.54) is 66.8 Å². The van der Waals surface area contributed by atoms with Gasteiger partial charge in [0.1, 0.15) is 17.1 Å². The van der Waals surface area contributed by atoms with E-state index in [1.807, 2.05) is 0 Å². The quantitative estimate of drug-likeness (QED) is 0.166. The van der Waals surface area contributed by atoms with Crippen molar-refractivity contribution in [1.29, 1.82) is 0 Å². The molecule has 4 nitrogen and oxygen atoms in total. The molecule has 3 heterocycles. The number of hydrogen-bond acceptors (Lipinski definition) is 4. The second kappa shape index (κ2) is 7.87. The van der Waals surface area contributed by atoms with Gasteiger partial charge in [-0.1, -0.05) is 114 Å². The molecular formula is C45H33NO3. The zero-order valence-electron chi connectivity index (χ0n) is 28.3. The molecule has 0 amide bonds. The largest absolute Gasteiger partial charge is 0.452 e. The van der Waals surface area contributed by atoms with Gasteiger partial charge in [0.2, 0.25) is 0 Å². The van der Waals surface area contributed by atoms with Crippen LogP contribution < -0.4 is 19.1 Å². The van der Waals surface area contributed by atoms with Crippen molar-refractivity contribution in [3.05, 3.63) is 124 Å². The van der Waals surface area contributed by atoms with Crippen LogP contribution in [0.5, 0.6) is 34.5 Å². The molecule has 236 valence electrons. The van der Waals surface area contributed by atoms with E-state index in [0.717, 1.165) is 51.6 Å². The zero-order valence-corrected chi connectivity index (χ0v) is 28.3. The molecule has 0 radical (unpaired) electrons. The van der Waals surface area contributed by atoms with E-state index in [1.54, 1.807) is 0 Å². The lowest BCUT2D eigenvalue weighted by Gasteiger charge is -2.45. The van der Waals surface area contributed by atoms with Crippen LogP contribution in [-0.4, -0.2) is 0 Å². The Morgan fingerprint density at radius 2 is 0.673 bits per heavy atom. The van der Waals surface area contributed by atoms with Crippen LogP contribution in [0.2, 0.25) is 0 Å². The van der Waals surface area contributed by atoms with Gasteiger partial charge in [0.15, 0.2) is 34.5 Å². The average molecular weight is 636 g/mol. The Kier molecular flexibility index (Phi) is 4.25. The molecule has 0 saturated carbocycles. The first kappa shape index (κ1) is 26.5. The average Bonchev–Trinajstić information content (AvgIpc) is 3.57. The molecule has 0 bridgehead atoms. The summed E-state index contributed by atoms with van der Waals surface area (Å²) in [6.07, 6.45) is 0. The van der Waals surface area contributed by atoms with E-state index in [4.69, 9.17) is 14.2 Å². The monoisotopic (exact) mass is 635 g/mol. The van der Waals surface area contributed by atoms with Crippen molar-refractivity contribution in [3.8, 4) is 67.9 Å². The van der Waals surface area contributed by atoms with Gasteiger partial charge < -0.3 is 14.2 Å². The lowest BCUT2D eigenvalue weighted by atomic mass is 9.79. The van der Waals surface area contributed by atoms with Crippen molar-refractivity contribution in [2.24, 2.45) is 0 Å². The standard InChI is InChI=1S/C45H33NO3/c1-43(2)28-16-10-7-13-22(28)25-19-31-37-40(34(25)43)47-32-20-26-23-14-8-11-17-29(23)44(3,4)35(26)41-38(32)46(37)39-33(49-41)21-27-24-15-9-12-18-30(24)45(5,6)36(27)42(39)48-31/h7-21H,1-6H3. The van der Waals surface area contributed by atoms with Crippen LogP contribution in [0.15, 0.2) is 91.0 Å². The number of benzene rings is 6. The van der Waals surface area contributed by atoms with Crippen molar-refractivity contribution in [3.63, 3.8) is 0 Å². The number of ether oxygens (including phenoxy) is 3. The Balaban J connectivity index is 1.24. The molecule has 0 N–H and O–H groups in total. The maximum absolute atomic E-state index is 7.25. The van der Waals surface area contributed by atoms with Crippen LogP contribution >= 0.6 is 0 Å². The maximum Gasteiger partial charge on any atom is 0.160 e. The fourth-order valence-corrected chi connectivity index (χ4v) is 10.4. The van der Waals surface area contributed by atoms with Gasteiger partial charge in [0, 0.05) is 32.9 Å². The second-order valence-corrected chi connectivity index (χ2v) is 16.1. The number of anilines is 3. The molecule has 0 aromatic heterocycles. The highest BCUT2D eigenvalue weighted by Gasteiger charge is 2.53. The van der Waals surface area contributed by atoms with Crippen LogP contribution in [0.3, 0.4) is 0 Å². The number of hydrogen-bond donors (Lipinski definition) is 0. The predicted molar refractivity (Wildman–Crippen MR) is 194 cm³/mol. The lowest BCUT2D eigenvalue weighted by Crippen LogP contribution is -2.29. The van der Waals surface area contributed by atoms with E-state index in [-0.39, 0.29) is 16.2 Å². The predicted octanol–water partition coefficient (Wildman–Crippen LogP) is 12.4. The zero-order chi connectivity index (χ0) is 32.9. The molecule has 6 aromatic carbocycles. The fourth-order valence-electron chi connectivity index (χ4n) is 10.4. The molecule has 49 heavy (non-hydrogen) atoms. The number of fused-ring (bicyclic) bond motifs is 12. The lowest BCUT2D eigenvalue weighted by molar-refractivity contribution is 0.403. The Morgan fingerprint density at radius 1 is 0.388 bits per heavy atom. The molecule has 0 saturated heterocycles. The SMILES string of the molecule is CC1(C)c2ccccc2-c2cc3c4c(c21)Oc1cc2c(c5c1N4c1c(cc4c(c1O3)C(C)(C)c1ccccc1-4)O5)C(C)(C)c1ccccc1-2. The minimum atomic E-state index is -0.265. The molecule has 4 heteroatoms. The molecular weight excluding hydrogens is 602 g/mol. The van der Waals surface area contributed by atoms with Gasteiger partial charge in [-0.05, 0) is 68.3 Å². The molecule has 6 aromatic rings. The molecule has 3 aliphatic heterocycles. The highest BCUT2D eigenvalue weighted by atomic mass is 16.5. The number of rotatable bonds is 0. The van der Waals surface area contributed by atoms with Crippen molar-refractivity contribution < 1.29 is 14.2 Å². The number of nitrogens with zero attached hydrogens (tertiary/aromatic N) is 1. The van der Waals surface area contributed by atoms with Crippen molar-refractivity contribution in [2.75, 3.05) is 4.90 Å². The highest BCUT2D eigenvalue weighted by molar-refractivity contribution is 6.07. The van der Waals surface area contributed by atoms with Crippen molar-refractivity contribution in [2.45, 2.75) is 57.8 Å². The van der Waals surface area contributed by atoms with Gasteiger partial charge in [-0.2, -0.15) is 0 Å². The first-order valence-electron chi connectivity index (χ1n) is 17.4. The van der Waals surface area contributed by atoms with E-state index in [2.05, 4.69) is 137 Å². The summed E-state index contributed by atoms with van der Waals surface area (Å²) < 4.78 is 21.8. The third-order valence-corrected chi connectivity index (χ3v) is 12.5. The van der Waals surface area contributed by atoms with Gasteiger partial charge in [-0.3, -0.25) is 4.90 Å². The Bertz CT molecular complexity index is 2330. The summed E-state index contributed by atoms with van der Waals surface area (Å²) in [5.41, 5.74) is 16.9. The molecule has 0 fully saturated rings. The summed E-state index contributed by atoms with van der Waals surface area (Å²) >= 11 is 0. The molecule has 0 atom stereocenters. The van der Waals surface area contributed by atoms with Gasteiger partial charge in [0.25, 0.3) is 0 Å². The van der Waals surface area contributed by atoms with Crippen molar-refractivity contribution >= 4 is 17.1 Å². The first-order chi connectivity index (χ1) is 23.6. The normalized spacial score (nSPS) is 18.1. The smallest absolute Gasteiger partial charge is 0.160 e. The van der Waals surface area contributed by atoms with E-state index >= 15 is 0 Å². The molecule has 0 unspecified atom stereocenters. The minimum Gasteiger partial charge on any atom is -0.452 e. The van der Waals surface area contributed by atoms with Crippen LogP contribution in [0, 0.1) is 0 Å². The third kappa shape index (κ3) is 2.74. The summed E-state index contributed by atoms with van der Waals surface area (Å²) in [5.74, 6) is 5.08. The Morgan fingerprint density at radius 3 is 0.980 bits per heavy atom. The van der Waals surface area contributed by atoms with Crippen LogP contribution in [0.25, 0.3) is 33.4 Å². The van der Waals surface area contributed by atoms with Crippen LogP contribution in [-0.2, 0) is 16.2 Å². The van der Waals surface area contributed by atoms with Crippen molar-refractivity contribution in [1.82, 2.24) is 0 Å². The first-order valence-corrected chi connectivity index (χ1v) is 17.4. The van der Waals surface area contributed by atoms with E-state index in [9.17, 15) is 0 Å². The summed E-state index contributed by atoms with van der Waals surface area (Å²) in [6.45, 7) is 13.9. The molecule has 6 aliphatic rings. The van der Waals surface area contributed by atoms with Gasteiger partial charge in [-0.25, -0.2) is 0 Å². The van der Waals surface area contributed by atoms with Gasteiger partial charge in [0.05, 0.1) is 0 Å². The van der Waals surface area contributed by atoms with Gasteiger partial charge in [-0.15, -0.1) is 0 Å². The summed E-state index contributed by atoms with van der Waals surface area (Å²) in [7, 11) is 0. The van der Waals surface area contributed by atoms with Crippen LogP contribution in [0.4, 0.5) is 17.1 Å². The third-order valence-electron chi connectivity index (χ3n) is 12.5. The van der Waals surface area contributed by atoms with E-state index in [0.29, 0.717) is 0 Å². The highest BCUT2D eigenvalue weighted by Crippen LogP contribution is 2.74. The topological polar surface area (TPSA) is 30.9 Å². The fraction of sp³-hybridized carbons (Fsp3) is 0.200. The molecule has 3 aliphatic carbocycles. The Hall–Kier alpha value is -5.48. The molecule has 0 spiro atoms. The van der Waals surface area contributed by atoms with Gasteiger partial charge >= 0.3 is 0 Å². The Labute approximate surface area is 285 Å². The second-order valence-electron chi connectivity index (χ2n) is 16.1. The van der Waals surface area contributed by atoms with Crippen LogP contribution in [0.1, 0.15) is 74.9 Å². The summed E-state index contributed by atoms with van der Waals surface area (Å²) in [5, 5.41) is 0. The molecule has 12 rings (SSSR count). The maximum atomic E-state index is 7.25. The minimum absolute atomic E-state index is 0.265. The summed E-state index contributed by atoms with van der Waals surface area (Å²) in [4.78, 5) is 2.44. The summed E-state index contributed by atoms with van der Waals surface area (Å²) in [6, 6.07) is 33.2.